The van der Waals surface area contributed by atoms with Crippen LogP contribution in [0.2, 0.25) is 0 Å². The summed E-state index contributed by atoms with van der Waals surface area (Å²) in [4.78, 5) is 21.7. The van der Waals surface area contributed by atoms with Crippen LogP contribution in [0.1, 0.15) is 32.7 Å². The Labute approximate surface area is 196 Å². The van der Waals surface area contributed by atoms with Gasteiger partial charge in [-0.2, -0.15) is 0 Å². The van der Waals surface area contributed by atoms with Gasteiger partial charge in [-0.15, -0.1) is 0 Å². The summed E-state index contributed by atoms with van der Waals surface area (Å²) in [6.45, 7) is 3.91. The van der Waals surface area contributed by atoms with Crippen molar-refractivity contribution in [1.82, 2.24) is 19.7 Å². The van der Waals surface area contributed by atoms with Crippen LogP contribution in [0.15, 0.2) is 48.7 Å². The standard InChI is InChI=1S/C24H25BN6O3/c1-14-10-20-18(22(26)32)6-3-9-31(20)21(14)24-29-19-13-27-8-7-17(19)23(30-24)28-12-15-4-2-5-16(11-15)25(33)34/h2-6,9-11,27,33-34H,7-8,12-13H2,1H3,(H2,26,32)(H,28,29,30). The molecule has 0 unspecified atom stereocenters. The number of carbonyl (C=O) groups is 1. The Morgan fingerprint density at radius 3 is 2.88 bits per heavy atom. The van der Waals surface area contributed by atoms with Crippen LogP contribution in [-0.2, 0) is 19.5 Å². The van der Waals surface area contributed by atoms with Gasteiger partial charge in [0.15, 0.2) is 5.82 Å². The van der Waals surface area contributed by atoms with E-state index in [9.17, 15) is 14.8 Å². The van der Waals surface area contributed by atoms with Crippen LogP contribution in [0.25, 0.3) is 17.0 Å². The van der Waals surface area contributed by atoms with E-state index >= 15 is 0 Å². The number of carbonyl (C=O) groups excluding carboxylic acids is 1. The Bertz CT molecular complexity index is 1400. The number of benzene rings is 1. The van der Waals surface area contributed by atoms with Crippen LogP contribution in [-0.4, -0.2) is 44.0 Å². The van der Waals surface area contributed by atoms with Gasteiger partial charge in [-0.3, -0.25) is 4.79 Å². The zero-order chi connectivity index (χ0) is 23.8. The second kappa shape index (κ2) is 8.90. The summed E-state index contributed by atoms with van der Waals surface area (Å²) in [6, 6.07) is 12.6. The first kappa shape index (κ1) is 22.1. The average Bonchev–Trinajstić information content (AvgIpc) is 3.18. The molecule has 4 heterocycles. The van der Waals surface area contributed by atoms with Crippen LogP contribution in [0, 0.1) is 6.92 Å². The smallest absolute Gasteiger partial charge is 0.423 e. The predicted octanol–water partition coefficient (Wildman–Crippen LogP) is 0.741. The zero-order valence-electron chi connectivity index (χ0n) is 18.7. The van der Waals surface area contributed by atoms with Crippen LogP contribution < -0.4 is 21.8 Å². The first-order valence-corrected chi connectivity index (χ1v) is 11.1. The minimum atomic E-state index is -1.51. The molecule has 1 aliphatic rings. The molecule has 4 aromatic rings. The van der Waals surface area contributed by atoms with Crippen LogP contribution in [0.5, 0.6) is 0 Å². The molecule has 10 heteroatoms. The van der Waals surface area contributed by atoms with Gasteiger partial charge in [-0.25, -0.2) is 9.97 Å². The Morgan fingerprint density at radius 2 is 2.09 bits per heavy atom. The summed E-state index contributed by atoms with van der Waals surface area (Å²) in [6.07, 6.45) is 2.68. The number of nitrogens with zero attached hydrogens (tertiary/aromatic N) is 3. The molecule has 1 amide bonds. The van der Waals surface area contributed by atoms with Gasteiger partial charge in [0.1, 0.15) is 5.82 Å². The van der Waals surface area contributed by atoms with E-state index in [1.54, 1.807) is 30.3 Å². The van der Waals surface area contributed by atoms with E-state index < -0.39 is 13.0 Å². The van der Waals surface area contributed by atoms with Crippen LogP contribution >= 0.6 is 0 Å². The monoisotopic (exact) mass is 456 g/mol. The number of aromatic nitrogens is 3. The number of nitrogens with two attached hydrogens (primary N) is 1. The maximum absolute atomic E-state index is 11.9. The highest BCUT2D eigenvalue weighted by Gasteiger charge is 2.22. The van der Waals surface area contributed by atoms with Gasteiger partial charge in [-0.05, 0) is 54.7 Å². The molecular formula is C24H25BN6O3. The van der Waals surface area contributed by atoms with Crippen molar-refractivity contribution in [3.63, 3.8) is 0 Å². The van der Waals surface area contributed by atoms with E-state index in [0.29, 0.717) is 29.9 Å². The largest absolute Gasteiger partial charge is 0.488 e. The van der Waals surface area contributed by atoms with Crippen molar-refractivity contribution in [2.75, 3.05) is 11.9 Å². The molecule has 0 aliphatic carbocycles. The quantitative estimate of drug-likeness (QED) is 0.270. The van der Waals surface area contributed by atoms with Gasteiger partial charge >= 0.3 is 7.12 Å². The van der Waals surface area contributed by atoms with E-state index in [1.807, 2.05) is 29.7 Å². The van der Waals surface area contributed by atoms with Gasteiger partial charge in [0.05, 0.1) is 22.5 Å². The number of aryl methyl sites for hydroxylation is 1. The lowest BCUT2D eigenvalue weighted by atomic mass is 9.79. The molecule has 172 valence electrons. The highest BCUT2D eigenvalue weighted by atomic mass is 16.4. The summed E-state index contributed by atoms with van der Waals surface area (Å²) in [7, 11) is -1.51. The normalized spacial score (nSPS) is 13.0. The Balaban J connectivity index is 1.57. The number of hydrogen-bond acceptors (Lipinski definition) is 7. The molecule has 0 radical (unpaired) electrons. The fourth-order valence-electron chi connectivity index (χ4n) is 4.48. The number of nitrogens with one attached hydrogen (secondary N) is 2. The van der Waals surface area contributed by atoms with E-state index in [4.69, 9.17) is 15.7 Å². The molecule has 0 fully saturated rings. The lowest BCUT2D eigenvalue weighted by Gasteiger charge is -2.21. The topological polar surface area (TPSA) is 138 Å². The summed E-state index contributed by atoms with van der Waals surface area (Å²) >= 11 is 0. The molecule has 1 aromatic carbocycles. The maximum Gasteiger partial charge on any atom is 0.488 e. The third kappa shape index (κ3) is 4.03. The number of primary amides is 1. The molecule has 0 saturated carbocycles. The molecule has 0 atom stereocenters. The van der Waals surface area contributed by atoms with Crippen molar-refractivity contribution < 1.29 is 14.8 Å². The molecule has 34 heavy (non-hydrogen) atoms. The highest BCUT2D eigenvalue weighted by molar-refractivity contribution is 6.58. The number of amides is 1. The molecule has 1 aliphatic heterocycles. The number of anilines is 1. The lowest BCUT2D eigenvalue weighted by molar-refractivity contribution is 0.100. The maximum atomic E-state index is 11.9. The molecule has 6 N–H and O–H groups in total. The van der Waals surface area contributed by atoms with E-state index in [1.165, 1.54) is 0 Å². The zero-order valence-corrected chi connectivity index (χ0v) is 18.7. The van der Waals surface area contributed by atoms with Crippen molar-refractivity contribution in [1.29, 1.82) is 0 Å². The first-order valence-electron chi connectivity index (χ1n) is 11.1. The first-order chi connectivity index (χ1) is 16.4. The Morgan fingerprint density at radius 1 is 1.24 bits per heavy atom. The molecule has 9 nitrogen and oxygen atoms in total. The SMILES string of the molecule is Cc1cc2c(C(N)=O)cccn2c1-c1nc2c(c(NCc3cccc(B(O)O)c3)n1)CCNC2. The van der Waals surface area contributed by atoms with E-state index in [2.05, 4.69) is 10.6 Å². The van der Waals surface area contributed by atoms with Crippen molar-refractivity contribution in [3.8, 4) is 11.5 Å². The average molecular weight is 456 g/mol. The predicted molar refractivity (Wildman–Crippen MR) is 131 cm³/mol. The summed E-state index contributed by atoms with van der Waals surface area (Å²) in [5, 5.41) is 25.8. The van der Waals surface area contributed by atoms with Crippen molar-refractivity contribution >= 4 is 29.8 Å². The third-order valence-electron chi connectivity index (χ3n) is 6.12. The van der Waals surface area contributed by atoms with Crippen molar-refractivity contribution in [3.05, 3.63) is 76.6 Å². The number of fused-ring (bicyclic) bond motifs is 2. The molecule has 0 saturated heterocycles. The van der Waals surface area contributed by atoms with Crippen LogP contribution in [0.3, 0.4) is 0 Å². The van der Waals surface area contributed by atoms with Gasteiger partial charge in [-0.1, -0.05) is 24.3 Å². The Hall–Kier alpha value is -3.73. The third-order valence-corrected chi connectivity index (χ3v) is 6.12. The van der Waals surface area contributed by atoms with Crippen molar-refractivity contribution in [2.24, 2.45) is 5.73 Å². The summed E-state index contributed by atoms with van der Waals surface area (Å²) in [5.41, 5.74) is 11.8. The van der Waals surface area contributed by atoms with Gasteiger partial charge < -0.3 is 30.8 Å². The summed E-state index contributed by atoms with van der Waals surface area (Å²) in [5.74, 6) is 0.822. The van der Waals surface area contributed by atoms with Gasteiger partial charge in [0.25, 0.3) is 5.91 Å². The molecule has 0 spiro atoms. The van der Waals surface area contributed by atoms with Gasteiger partial charge in [0.2, 0.25) is 0 Å². The fourth-order valence-corrected chi connectivity index (χ4v) is 4.48. The minimum Gasteiger partial charge on any atom is -0.423 e. The number of hydrogen-bond donors (Lipinski definition) is 5. The number of rotatable bonds is 6. The minimum absolute atomic E-state index is 0.439. The number of pyridine rings is 1. The lowest BCUT2D eigenvalue weighted by Crippen LogP contribution is -2.30. The second-order valence-electron chi connectivity index (χ2n) is 8.44. The van der Waals surface area contributed by atoms with Crippen molar-refractivity contribution in [2.45, 2.75) is 26.4 Å². The van der Waals surface area contributed by atoms with Crippen LogP contribution in [0.4, 0.5) is 5.82 Å². The Kier molecular flexibility index (Phi) is 5.78. The van der Waals surface area contributed by atoms with Gasteiger partial charge in [0, 0.05) is 24.8 Å². The molecule has 5 rings (SSSR count). The highest BCUT2D eigenvalue weighted by Crippen LogP contribution is 2.30. The fraction of sp³-hybridized carbons (Fsp3) is 0.208. The van der Waals surface area contributed by atoms with E-state index in [0.717, 1.165) is 52.4 Å². The second-order valence-corrected chi connectivity index (χ2v) is 8.44. The molecular weight excluding hydrogens is 431 g/mol. The molecule has 3 aromatic heterocycles. The molecule has 0 bridgehead atoms. The van der Waals surface area contributed by atoms with E-state index in [-0.39, 0.29) is 0 Å². The summed E-state index contributed by atoms with van der Waals surface area (Å²) < 4.78 is 1.91.